The van der Waals surface area contributed by atoms with Crippen LogP contribution in [-0.2, 0) is 0 Å². The predicted molar refractivity (Wildman–Crippen MR) is 112 cm³/mol. The molecule has 3 aromatic rings. The van der Waals surface area contributed by atoms with Crippen LogP contribution in [0.5, 0.6) is 0 Å². The fraction of sp³-hybridized carbons (Fsp3) is 0.0556. The summed E-state index contributed by atoms with van der Waals surface area (Å²) in [6.45, 7) is 0. The Morgan fingerprint density at radius 3 is 2.38 bits per heavy atom. The molecule has 0 aliphatic carbocycles. The molecule has 1 aliphatic heterocycles. The fourth-order valence-electron chi connectivity index (χ4n) is 2.89. The van der Waals surface area contributed by atoms with E-state index in [9.17, 15) is 8.63 Å². The summed E-state index contributed by atoms with van der Waals surface area (Å²) in [7, 11) is -2.63. The molecule has 0 saturated carbocycles. The Morgan fingerprint density at radius 2 is 1.77 bits per heavy atom. The van der Waals surface area contributed by atoms with Crippen molar-refractivity contribution in [1.29, 1.82) is 0 Å². The van der Waals surface area contributed by atoms with E-state index in [-0.39, 0.29) is 0 Å². The van der Waals surface area contributed by atoms with Gasteiger partial charge < -0.3 is 4.48 Å². The first kappa shape index (κ1) is 17.6. The zero-order valence-corrected chi connectivity index (χ0v) is 16.6. The Hall–Kier alpha value is -1.77. The number of halogens is 3. The second-order valence-electron chi connectivity index (χ2n) is 5.53. The summed E-state index contributed by atoms with van der Waals surface area (Å²) >= 11 is 6.52. The summed E-state index contributed by atoms with van der Waals surface area (Å²) in [5.41, 5.74) is 3.32. The van der Waals surface area contributed by atoms with Crippen molar-refractivity contribution >= 4 is 57.3 Å². The predicted octanol–water partition coefficient (Wildman–Crippen LogP) is 6.22. The molecule has 8 heteroatoms. The molecule has 0 radical (unpaired) electrons. The van der Waals surface area contributed by atoms with E-state index >= 15 is 0 Å². The standard InChI is InChI=1S/C18H12BBrF2N2S2/c20-11-12(13-5-6-14(23-13)17-3-1-9-25-17)15-7-8-16(24(15)19(21)22)18-4-2-10-26-18/h1-10H,11H2/b13-12-. The molecule has 0 amide bonds. The Balaban J connectivity index is 1.83. The molecule has 0 aromatic carbocycles. The third-order valence-electron chi connectivity index (χ3n) is 4.05. The van der Waals surface area contributed by atoms with Crippen molar-refractivity contribution in [3.05, 3.63) is 75.6 Å². The van der Waals surface area contributed by atoms with Crippen molar-refractivity contribution in [2.45, 2.75) is 0 Å². The van der Waals surface area contributed by atoms with Gasteiger partial charge in [-0.3, -0.25) is 8.63 Å². The maximum atomic E-state index is 13.9. The maximum Gasteiger partial charge on any atom is 0.678 e. The van der Waals surface area contributed by atoms with Gasteiger partial charge in [-0.25, -0.2) is 4.99 Å². The molecule has 4 rings (SSSR count). The summed E-state index contributed by atoms with van der Waals surface area (Å²) in [5.74, 6) is 0. The number of rotatable bonds is 5. The second-order valence-corrected chi connectivity index (χ2v) is 7.99. The van der Waals surface area contributed by atoms with Gasteiger partial charge in [0.15, 0.2) is 0 Å². The van der Waals surface area contributed by atoms with Crippen LogP contribution < -0.4 is 0 Å². The molecule has 0 unspecified atom stereocenters. The lowest BCUT2D eigenvalue weighted by Gasteiger charge is -2.12. The Kier molecular flexibility index (Phi) is 5.06. The zero-order valence-electron chi connectivity index (χ0n) is 13.4. The van der Waals surface area contributed by atoms with Crippen molar-refractivity contribution in [2.24, 2.45) is 4.99 Å². The van der Waals surface area contributed by atoms with Gasteiger partial charge in [0.2, 0.25) is 0 Å². The van der Waals surface area contributed by atoms with E-state index in [1.807, 2.05) is 47.2 Å². The van der Waals surface area contributed by atoms with Crippen molar-refractivity contribution in [1.82, 2.24) is 4.48 Å². The molecular weight excluding hydrogens is 437 g/mol. The second kappa shape index (κ2) is 7.46. The monoisotopic (exact) mass is 448 g/mol. The fourth-order valence-corrected chi connectivity index (χ4v) is 4.91. The molecule has 4 heterocycles. The molecule has 26 heavy (non-hydrogen) atoms. The van der Waals surface area contributed by atoms with Crippen molar-refractivity contribution < 1.29 is 8.63 Å². The number of allylic oxidation sites excluding steroid dienone is 3. The molecule has 130 valence electrons. The Labute approximate surface area is 166 Å². The van der Waals surface area contributed by atoms with Crippen LogP contribution in [-0.4, -0.2) is 22.9 Å². The van der Waals surface area contributed by atoms with Crippen molar-refractivity contribution in [2.75, 3.05) is 5.33 Å². The molecule has 0 N–H and O–H groups in total. The highest BCUT2D eigenvalue weighted by Crippen LogP contribution is 2.34. The molecule has 0 atom stereocenters. The van der Waals surface area contributed by atoms with Gasteiger partial charge in [0.05, 0.1) is 22.0 Å². The quantitative estimate of drug-likeness (QED) is 0.326. The van der Waals surface area contributed by atoms with Crippen LogP contribution in [0.15, 0.2) is 70.0 Å². The third-order valence-corrected chi connectivity index (χ3v) is 6.40. The lowest BCUT2D eigenvalue weighted by atomic mass is 10.1. The summed E-state index contributed by atoms with van der Waals surface area (Å²) in [4.78, 5) is 6.54. The first-order chi connectivity index (χ1) is 12.7. The highest BCUT2D eigenvalue weighted by Gasteiger charge is 2.27. The summed E-state index contributed by atoms with van der Waals surface area (Å²) < 4.78 is 28.8. The largest absolute Gasteiger partial charge is 0.678 e. The average molecular weight is 449 g/mol. The lowest BCUT2D eigenvalue weighted by molar-refractivity contribution is 0.630. The third kappa shape index (κ3) is 3.17. The molecule has 0 fully saturated rings. The van der Waals surface area contributed by atoms with Crippen LogP contribution >= 0.6 is 38.6 Å². The highest BCUT2D eigenvalue weighted by molar-refractivity contribution is 9.09. The maximum absolute atomic E-state index is 13.9. The number of nitrogens with zero attached hydrogens (tertiary/aromatic N) is 2. The minimum absolute atomic E-state index is 0.439. The topological polar surface area (TPSA) is 17.3 Å². The van der Waals surface area contributed by atoms with E-state index in [0.29, 0.717) is 22.4 Å². The molecule has 0 spiro atoms. The lowest BCUT2D eigenvalue weighted by Crippen LogP contribution is -2.17. The minimum atomic E-state index is -2.63. The number of thiophene rings is 2. The van der Waals surface area contributed by atoms with E-state index < -0.39 is 7.40 Å². The van der Waals surface area contributed by atoms with Crippen LogP contribution in [0.1, 0.15) is 10.6 Å². The van der Waals surface area contributed by atoms with E-state index in [4.69, 9.17) is 0 Å². The SMILES string of the molecule is FB(F)n1c(/C(CBr)=C2/C=CC(c3cccs3)=N2)ccc1-c1cccs1. The van der Waals surface area contributed by atoms with Crippen LogP contribution in [0.4, 0.5) is 8.63 Å². The van der Waals surface area contributed by atoms with Crippen LogP contribution in [0.3, 0.4) is 0 Å². The van der Waals surface area contributed by atoms with Gasteiger partial charge in [0.25, 0.3) is 0 Å². The molecule has 0 saturated heterocycles. The summed E-state index contributed by atoms with van der Waals surface area (Å²) in [6.07, 6.45) is 3.82. The highest BCUT2D eigenvalue weighted by atomic mass is 79.9. The van der Waals surface area contributed by atoms with Crippen LogP contribution in [0.2, 0.25) is 0 Å². The first-order valence-electron chi connectivity index (χ1n) is 7.82. The van der Waals surface area contributed by atoms with Gasteiger partial charge in [0, 0.05) is 21.5 Å². The van der Waals surface area contributed by atoms with Gasteiger partial charge in [-0.1, -0.05) is 28.1 Å². The number of aromatic nitrogens is 1. The van der Waals surface area contributed by atoms with E-state index in [1.54, 1.807) is 23.5 Å². The van der Waals surface area contributed by atoms with Gasteiger partial charge in [-0.05, 0) is 47.2 Å². The number of hydrogen-bond acceptors (Lipinski definition) is 3. The normalized spacial score (nSPS) is 15.4. The van der Waals surface area contributed by atoms with Crippen LogP contribution in [0.25, 0.3) is 16.1 Å². The van der Waals surface area contributed by atoms with E-state index in [1.165, 1.54) is 11.3 Å². The first-order valence-corrected chi connectivity index (χ1v) is 10.7. The molecular formula is C18H12BBrF2N2S2. The molecule has 0 bridgehead atoms. The summed E-state index contributed by atoms with van der Waals surface area (Å²) in [5, 5.41) is 4.32. The average Bonchev–Trinajstić information content (AvgIpc) is 3.39. The molecule has 1 aliphatic rings. The van der Waals surface area contributed by atoms with Gasteiger partial charge in [-0.15, -0.1) is 22.7 Å². The Bertz CT molecular complexity index is 1000. The molecule has 3 aromatic heterocycles. The number of hydrogen-bond donors (Lipinski definition) is 0. The van der Waals surface area contributed by atoms with Crippen LogP contribution in [0, 0.1) is 0 Å². The van der Waals surface area contributed by atoms with E-state index in [2.05, 4.69) is 20.9 Å². The number of alkyl halides is 1. The summed E-state index contributed by atoms with van der Waals surface area (Å²) in [6, 6.07) is 11.2. The van der Waals surface area contributed by atoms with Gasteiger partial charge in [0.1, 0.15) is 0 Å². The van der Waals surface area contributed by atoms with E-state index in [0.717, 1.165) is 25.5 Å². The minimum Gasteiger partial charge on any atom is -0.324 e. The smallest absolute Gasteiger partial charge is 0.324 e. The van der Waals surface area contributed by atoms with Gasteiger partial charge in [-0.2, -0.15) is 0 Å². The van der Waals surface area contributed by atoms with Crippen molar-refractivity contribution in [3.8, 4) is 10.6 Å². The van der Waals surface area contributed by atoms with Gasteiger partial charge >= 0.3 is 7.40 Å². The van der Waals surface area contributed by atoms with Crippen molar-refractivity contribution in [3.63, 3.8) is 0 Å². The Morgan fingerprint density at radius 1 is 1.04 bits per heavy atom. The number of aliphatic imine (C=N–C) groups is 1. The molecule has 2 nitrogen and oxygen atoms in total. The zero-order chi connectivity index (χ0) is 18.1.